The van der Waals surface area contributed by atoms with Gasteiger partial charge in [0.1, 0.15) is 19.3 Å². The normalized spacial score (nSPS) is 14.0. The fraction of sp³-hybridized carbons (Fsp3) is 0.922. The Hall–Kier alpha value is -1.25. The molecule has 3 atom stereocenters. The highest BCUT2D eigenvalue weighted by molar-refractivity contribution is 7.45. The Morgan fingerprint density at radius 3 is 1.34 bits per heavy atom. The number of likely N-dealkylation sites (N-methyl/N-ethyl adjacent to an activating group) is 1. The molecule has 0 heterocycles. The zero-order chi connectivity index (χ0) is 45.1. The lowest BCUT2D eigenvalue weighted by molar-refractivity contribution is -0.870. The molecule has 0 saturated heterocycles. The molecule has 10 heteroatoms. The molecular formula is C51H101N2O7P. The van der Waals surface area contributed by atoms with Crippen molar-refractivity contribution >= 4 is 19.7 Å². The number of nitrogens with zero attached hydrogens (tertiary/aromatic N) is 1. The average Bonchev–Trinajstić information content (AvgIpc) is 3.21. The standard InChI is InChI=1S/C51H101N2O7P/c1-7-10-13-16-19-22-25-26-29-31-34-37-40-43-50(54)52-48(47-59-61(56,57)58-46-45-53(4,5)6)49(42-39-36-33-30-27-23-20-17-14-11-8-2)60-51(55)44-41-38-35-32-28-24-21-18-15-12-9-3/h39,42,48-49H,7-38,40-41,43-47H2,1-6H3,(H-,52,54,56,57)/b42-39+. The summed E-state index contributed by atoms with van der Waals surface area (Å²) < 4.78 is 30.1. The van der Waals surface area contributed by atoms with Gasteiger partial charge >= 0.3 is 5.97 Å². The molecule has 0 radical (unpaired) electrons. The first kappa shape index (κ1) is 59.8. The summed E-state index contributed by atoms with van der Waals surface area (Å²) in [6, 6.07) is -0.876. The van der Waals surface area contributed by atoms with Gasteiger partial charge in [0, 0.05) is 12.8 Å². The zero-order valence-corrected chi connectivity index (χ0v) is 42.0. The highest BCUT2D eigenvalue weighted by atomic mass is 31.2. The summed E-state index contributed by atoms with van der Waals surface area (Å²) in [6.45, 7) is 6.83. The van der Waals surface area contributed by atoms with Crippen LogP contribution >= 0.6 is 7.82 Å². The summed E-state index contributed by atoms with van der Waals surface area (Å²) in [4.78, 5) is 39.6. The van der Waals surface area contributed by atoms with Crippen molar-refractivity contribution < 1.29 is 37.3 Å². The molecule has 0 fully saturated rings. The molecule has 0 bridgehead atoms. The van der Waals surface area contributed by atoms with Crippen LogP contribution in [0.25, 0.3) is 0 Å². The van der Waals surface area contributed by atoms with Crippen molar-refractivity contribution in [2.75, 3.05) is 40.9 Å². The van der Waals surface area contributed by atoms with Crippen LogP contribution in [0.1, 0.15) is 252 Å². The van der Waals surface area contributed by atoms with E-state index in [2.05, 4.69) is 26.1 Å². The van der Waals surface area contributed by atoms with Gasteiger partial charge < -0.3 is 28.5 Å². The van der Waals surface area contributed by atoms with Crippen LogP contribution in [-0.4, -0.2) is 69.4 Å². The number of hydrogen-bond acceptors (Lipinski definition) is 7. The highest BCUT2D eigenvalue weighted by Gasteiger charge is 2.27. The molecule has 0 aliphatic heterocycles. The van der Waals surface area contributed by atoms with Gasteiger partial charge in [-0.15, -0.1) is 0 Å². The van der Waals surface area contributed by atoms with Gasteiger partial charge in [0.05, 0.1) is 33.8 Å². The predicted molar refractivity (Wildman–Crippen MR) is 257 cm³/mol. The Morgan fingerprint density at radius 2 is 0.934 bits per heavy atom. The fourth-order valence-electron chi connectivity index (χ4n) is 7.64. The molecule has 0 aromatic heterocycles. The number of rotatable bonds is 47. The molecule has 1 N–H and O–H groups in total. The van der Waals surface area contributed by atoms with Gasteiger partial charge in [0.15, 0.2) is 0 Å². The summed E-state index contributed by atoms with van der Waals surface area (Å²) in [5.74, 6) is -0.531. The van der Waals surface area contributed by atoms with E-state index in [0.717, 1.165) is 57.8 Å². The summed E-state index contributed by atoms with van der Waals surface area (Å²) in [5.41, 5.74) is 0. The van der Waals surface area contributed by atoms with Crippen LogP contribution in [0.2, 0.25) is 0 Å². The monoisotopic (exact) mass is 885 g/mol. The topological polar surface area (TPSA) is 114 Å². The number of nitrogens with one attached hydrogen (secondary N) is 1. The van der Waals surface area contributed by atoms with Gasteiger partial charge in [0.25, 0.3) is 7.82 Å². The number of ether oxygens (including phenoxy) is 1. The van der Waals surface area contributed by atoms with Crippen LogP contribution in [0.4, 0.5) is 0 Å². The molecular weight excluding hydrogens is 784 g/mol. The van der Waals surface area contributed by atoms with Gasteiger partial charge in [-0.05, 0) is 31.8 Å². The minimum Gasteiger partial charge on any atom is -0.756 e. The molecule has 1 amide bonds. The van der Waals surface area contributed by atoms with Crippen molar-refractivity contribution in [2.45, 2.75) is 264 Å². The summed E-state index contributed by atoms with van der Waals surface area (Å²) >= 11 is 0. The first-order chi connectivity index (χ1) is 29.4. The fourth-order valence-corrected chi connectivity index (χ4v) is 8.36. The van der Waals surface area contributed by atoms with Crippen molar-refractivity contribution in [1.82, 2.24) is 5.32 Å². The summed E-state index contributed by atoms with van der Waals surface area (Å²) in [5, 5.41) is 3.01. The quantitative estimate of drug-likeness (QED) is 0.0213. The first-order valence-electron chi connectivity index (χ1n) is 26.0. The third-order valence-electron chi connectivity index (χ3n) is 11.7. The van der Waals surface area contributed by atoms with Crippen molar-refractivity contribution in [3.8, 4) is 0 Å². The van der Waals surface area contributed by atoms with Crippen molar-refractivity contribution in [3.63, 3.8) is 0 Å². The van der Waals surface area contributed by atoms with Crippen LogP contribution in [0.3, 0.4) is 0 Å². The molecule has 0 aliphatic rings. The van der Waals surface area contributed by atoms with E-state index in [1.165, 1.54) is 161 Å². The zero-order valence-electron chi connectivity index (χ0n) is 41.1. The number of carbonyl (C=O) groups is 2. The maximum atomic E-state index is 13.4. The van der Waals surface area contributed by atoms with E-state index in [1.54, 1.807) is 0 Å². The van der Waals surface area contributed by atoms with Crippen LogP contribution < -0.4 is 10.2 Å². The van der Waals surface area contributed by atoms with Crippen molar-refractivity contribution in [1.29, 1.82) is 0 Å². The molecule has 9 nitrogen and oxygen atoms in total. The van der Waals surface area contributed by atoms with E-state index < -0.39 is 20.0 Å². The third kappa shape index (κ3) is 43.8. The van der Waals surface area contributed by atoms with E-state index in [9.17, 15) is 19.0 Å². The Labute approximate surface area is 378 Å². The third-order valence-corrected chi connectivity index (χ3v) is 12.7. The number of quaternary nitrogens is 1. The van der Waals surface area contributed by atoms with E-state index in [4.69, 9.17) is 13.8 Å². The van der Waals surface area contributed by atoms with Gasteiger partial charge in [-0.3, -0.25) is 14.2 Å². The average molecular weight is 885 g/mol. The van der Waals surface area contributed by atoms with Crippen molar-refractivity contribution in [3.05, 3.63) is 12.2 Å². The number of hydrogen-bond donors (Lipinski definition) is 1. The van der Waals surface area contributed by atoms with Gasteiger partial charge in [-0.25, -0.2) is 0 Å². The second-order valence-electron chi connectivity index (χ2n) is 19.0. The number of esters is 1. The summed E-state index contributed by atoms with van der Waals surface area (Å²) in [6.07, 6.45) is 44.5. The van der Waals surface area contributed by atoms with Crippen LogP contribution in [-0.2, 0) is 27.9 Å². The lowest BCUT2D eigenvalue weighted by atomic mass is 10.0. The Balaban J connectivity index is 5.39. The van der Waals surface area contributed by atoms with Gasteiger partial charge in [-0.2, -0.15) is 0 Å². The molecule has 3 unspecified atom stereocenters. The van der Waals surface area contributed by atoms with Crippen molar-refractivity contribution in [2.24, 2.45) is 0 Å². The van der Waals surface area contributed by atoms with E-state index in [-0.39, 0.29) is 31.5 Å². The van der Waals surface area contributed by atoms with Gasteiger partial charge in [0.2, 0.25) is 5.91 Å². The number of carbonyl (C=O) groups excluding carboxylic acids is 2. The molecule has 0 aromatic carbocycles. The molecule has 0 saturated carbocycles. The number of phosphoric acid groups is 1. The Kier molecular flexibility index (Phi) is 41.8. The molecule has 0 aliphatic carbocycles. The maximum absolute atomic E-state index is 13.4. The largest absolute Gasteiger partial charge is 0.756 e. The highest BCUT2D eigenvalue weighted by Crippen LogP contribution is 2.38. The van der Waals surface area contributed by atoms with E-state index in [0.29, 0.717) is 17.4 Å². The van der Waals surface area contributed by atoms with Crippen LogP contribution in [0.5, 0.6) is 0 Å². The second kappa shape index (κ2) is 42.7. The van der Waals surface area contributed by atoms with Crippen LogP contribution in [0.15, 0.2) is 12.2 Å². The Morgan fingerprint density at radius 1 is 0.557 bits per heavy atom. The number of unbranched alkanes of at least 4 members (excludes halogenated alkanes) is 31. The predicted octanol–water partition coefficient (Wildman–Crippen LogP) is 14.3. The SMILES string of the molecule is CCCCCCCCCCC/C=C/C(OC(=O)CCCCCCCCCCCCC)C(COP(=O)([O-])OCC[N+](C)(C)C)NC(=O)CCCCCCCCCCCCCCC. The second-order valence-corrected chi connectivity index (χ2v) is 20.5. The molecule has 0 rings (SSSR count). The minimum atomic E-state index is -4.67. The maximum Gasteiger partial charge on any atom is 0.306 e. The molecule has 0 aromatic rings. The molecule has 0 spiro atoms. The molecule has 61 heavy (non-hydrogen) atoms. The summed E-state index contributed by atoms with van der Waals surface area (Å²) in [7, 11) is 1.20. The first-order valence-corrected chi connectivity index (χ1v) is 27.5. The minimum absolute atomic E-state index is 0.0175. The lowest BCUT2D eigenvalue weighted by Crippen LogP contribution is -2.47. The van der Waals surface area contributed by atoms with E-state index in [1.807, 2.05) is 33.3 Å². The molecule has 362 valence electrons. The Bertz CT molecular complexity index is 1070. The lowest BCUT2D eigenvalue weighted by Gasteiger charge is -2.30. The van der Waals surface area contributed by atoms with E-state index >= 15 is 0 Å². The number of phosphoric ester groups is 1. The number of amides is 1. The van der Waals surface area contributed by atoms with Gasteiger partial charge in [-0.1, -0.05) is 219 Å². The number of allylic oxidation sites excluding steroid dienone is 1. The smallest absolute Gasteiger partial charge is 0.306 e. The van der Waals surface area contributed by atoms with Crippen LogP contribution in [0, 0.1) is 0 Å².